The van der Waals surface area contributed by atoms with Crippen LogP contribution in [0.4, 0.5) is 0 Å². The van der Waals surface area contributed by atoms with E-state index < -0.39 is 5.97 Å². The third kappa shape index (κ3) is 5.89. The van der Waals surface area contributed by atoms with Gasteiger partial charge in [-0.15, -0.1) is 0 Å². The maximum atomic E-state index is 12.5. The number of carbonyl (C=O) groups excluding carboxylic acids is 1. The molecule has 4 rings (SSSR count). The molecule has 0 radical (unpaired) electrons. The van der Waals surface area contributed by atoms with Crippen molar-refractivity contribution in [2.75, 3.05) is 21.3 Å². The van der Waals surface area contributed by atoms with E-state index in [1.54, 1.807) is 31.4 Å². The molecule has 0 aromatic heterocycles. The first-order valence-corrected chi connectivity index (χ1v) is 11.9. The number of aromatic hydroxyl groups is 1. The Morgan fingerprint density at radius 2 is 1.65 bits per heavy atom. The summed E-state index contributed by atoms with van der Waals surface area (Å²) in [6.07, 6.45) is 8.34. The normalized spacial score (nSPS) is 14.8. The number of benzene rings is 3. The minimum Gasteiger partial charge on any atom is -0.504 e. The Kier molecular flexibility index (Phi) is 8.03. The minimum absolute atomic E-state index is 0.0225. The standard InChI is InChI=1S/C30H30O7/c1-5-6-20-15-22-10-12-24(37-30(22)28(17-20)35-4)21-9-13-25(27(18-21)34-3)36-29(32)14-8-19-7-11-23(31)26(16-19)33-2/h5-9,11,13-18,24,31H,10,12H2,1-4H3/b6-5+,14-8+/t24-/m1/s1. The molecule has 192 valence electrons. The molecule has 0 aliphatic carbocycles. The van der Waals surface area contributed by atoms with E-state index in [4.69, 9.17) is 23.7 Å². The summed E-state index contributed by atoms with van der Waals surface area (Å²) in [7, 11) is 4.62. The number of hydrogen-bond donors (Lipinski definition) is 1. The molecular weight excluding hydrogens is 472 g/mol. The molecule has 1 atom stereocenters. The van der Waals surface area contributed by atoms with Crippen LogP contribution in [0.25, 0.3) is 12.2 Å². The predicted molar refractivity (Wildman–Crippen MR) is 142 cm³/mol. The van der Waals surface area contributed by atoms with E-state index in [9.17, 15) is 9.90 Å². The number of esters is 1. The number of phenols is 1. The van der Waals surface area contributed by atoms with Gasteiger partial charge < -0.3 is 28.8 Å². The van der Waals surface area contributed by atoms with Crippen LogP contribution in [0, 0.1) is 0 Å². The fourth-order valence-electron chi connectivity index (χ4n) is 4.24. The van der Waals surface area contributed by atoms with Crippen molar-refractivity contribution in [3.05, 3.63) is 82.9 Å². The summed E-state index contributed by atoms with van der Waals surface area (Å²) in [4.78, 5) is 12.5. The zero-order chi connectivity index (χ0) is 26.4. The molecule has 1 N–H and O–H groups in total. The fraction of sp³-hybridized carbons (Fsp3) is 0.233. The smallest absolute Gasteiger partial charge is 0.336 e. The number of allylic oxidation sites excluding steroid dienone is 1. The van der Waals surface area contributed by atoms with E-state index in [0.717, 1.165) is 35.3 Å². The molecular formula is C30H30O7. The second-order valence-corrected chi connectivity index (χ2v) is 8.45. The van der Waals surface area contributed by atoms with Gasteiger partial charge in [0.2, 0.25) is 0 Å². The molecule has 37 heavy (non-hydrogen) atoms. The lowest BCUT2D eigenvalue weighted by Gasteiger charge is -2.28. The van der Waals surface area contributed by atoms with Crippen molar-refractivity contribution in [2.24, 2.45) is 0 Å². The number of hydrogen-bond acceptors (Lipinski definition) is 7. The van der Waals surface area contributed by atoms with Crippen molar-refractivity contribution in [2.45, 2.75) is 25.9 Å². The van der Waals surface area contributed by atoms with Crippen LogP contribution < -0.4 is 23.7 Å². The maximum Gasteiger partial charge on any atom is 0.336 e. The van der Waals surface area contributed by atoms with Crippen molar-refractivity contribution >= 4 is 18.1 Å². The van der Waals surface area contributed by atoms with Gasteiger partial charge in [0.1, 0.15) is 6.10 Å². The monoisotopic (exact) mass is 502 g/mol. The van der Waals surface area contributed by atoms with Gasteiger partial charge in [-0.1, -0.05) is 24.3 Å². The number of carbonyl (C=O) groups is 1. The Balaban J connectivity index is 1.49. The van der Waals surface area contributed by atoms with Gasteiger partial charge in [-0.25, -0.2) is 4.79 Å². The molecule has 0 saturated heterocycles. The number of ether oxygens (including phenoxy) is 5. The van der Waals surface area contributed by atoms with Gasteiger partial charge in [-0.2, -0.15) is 0 Å². The van der Waals surface area contributed by atoms with Crippen molar-refractivity contribution < 1.29 is 33.6 Å². The van der Waals surface area contributed by atoms with Gasteiger partial charge in [0, 0.05) is 6.08 Å². The third-order valence-corrected chi connectivity index (χ3v) is 6.05. The Morgan fingerprint density at radius 3 is 2.38 bits per heavy atom. The summed E-state index contributed by atoms with van der Waals surface area (Å²) in [6, 6.07) is 14.3. The number of fused-ring (bicyclic) bond motifs is 1. The highest BCUT2D eigenvalue weighted by molar-refractivity contribution is 5.89. The summed E-state index contributed by atoms with van der Waals surface area (Å²) < 4.78 is 28.1. The lowest BCUT2D eigenvalue weighted by molar-refractivity contribution is -0.129. The molecule has 1 aliphatic rings. The average molecular weight is 503 g/mol. The molecule has 3 aromatic rings. The second-order valence-electron chi connectivity index (χ2n) is 8.45. The molecule has 3 aromatic carbocycles. The zero-order valence-electron chi connectivity index (χ0n) is 21.3. The summed E-state index contributed by atoms with van der Waals surface area (Å²) in [5.41, 5.74) is 3.77. The lowest BCUT2D eigenvalue weighted by atomic mass is 9.95. The van der Waals surface area contributed by atoms with Crippen LogP contribution in [-0.2, 0) is 11.2 Å². The number of phenolic OH excluding ortho intramolecular Hbond substituents is 1. The Hall–Kier alpha value is -4.39. The summed E-state index contributed by atoms with van der Waals surface area (Å²) in [5.74, 6) is 1.95. The van der Waals surface area contributed by atoms with Gasteiger partial charge in [-0.05, 0) is 84.5 Å². The Bertz CT molecular complexity index is 1320. The molecule has 1 heterocycles. The maximum absolute atomic E-state index is 12.5. The van der Waals surface area contributed by atoms with E-state index >= 15 is 0 Å². The molecule has 0 fully saturated rings. The summed E-state index contributed by atoms with van der Waals surface area (Å²) >= 11 is 0. The minimum atomic E-state index is -0.567. The first-order valence-electron chi connectivity index (χ1n) is 11.9. The van der Waals surface area contributed by atoms with E-state index in [-0.39, 0.29) is 11.9 Å². The predicted octanol–water partition coefficient (Wildman–Crippen LogP) is 6.14. The molecule has 7 nitrogen and oxygen atoms in total. The molecule has 1 aliphatic heterocycles. The lowest BCUT2D eigenvalue weighted by Crippen LogP contribution is -2.16. The van der Waals surface area contributed by atoms with Gasteiger partial charge in [-0.3, -0.25) is 0 Å². The van der Waals surface area contributed by atoms with Crippen molar-refractivity contribution in [3.8, 4) is 34.5 Å². The topological polar surface area (TPSA) is 83.5 Å². The van der Waals surface area contributed by atoms with Crippen LogP contribution >= 0.6 is 0 Å². The van der Waals surface area contributed by atoms with Crippen LogP contribution in [0.1, 0.15) is 41.7 Å². The summed E-state index contributed by atoms with van der Waals surface area (Å²) in [5, 5.41) is 9.71. The molecule has 7 heteroatoms. The molecule has 0 saturated carbocycles. The first-order chi connectivity index (χ1) is 17.9. The van der Waals surface area contributed by atoms with Crippen LogP contribution in [0.3, 0.4) is 0 Å². The molecule has 0 bridgehead atoms. The average Bonchev–Trinajstić information content (AvgIpc) is 2.92. The van der Waals surface area contributed by atoms with Crippen molar-refractivity contribution in [1.29, 1.82) is 0 Å². The molecule has 0 amide bonds. The zero-order valence-corrected chi connectivity index (χ0v) is 21.3. The fourth-order valence-corrected chi connectivity index (χ4v) is 4.24. The molecule has 0 spiro atoms. The first kappa shape index (κ1) is 25.7. The van der Waals surface area contributed by atoms with Gasteiger partial charge in [0.15, 0.2) is 34.5 Å². The van der Waals surface area contributed by atoms with Gasteiger partial charge in [0.25, 0.3) is 0 Å². The van der Waals surface area contributed by atoms with Crippen LogP contribution in [0.15, 0.2) is 60.7 Å². The van der Waals surface area contributed by atoms with E-state index in [2.05, 4.69) is 6.07 Å². The number of methoxy groups -OCH3 is 3. The largest absolute Gasteiger partial charge is 0.504 e. The van der Waals surface area contributed by atoms with E-state index in [0.29, 0.717) is 28.6 Å². The number of aryl methyl sites for hydroxylation is 1. The van der Waals surface area contributed by atoms with E-state index in [1.165, 1.54) is 26.4 Å². The highest BCUT2D eigenvalue weighted by Crippen LogP contribution is 2.43. The number of rotatable bonds is 8. The highest BCUT2D eigenvalue weighted by atomic mass is 16.6. The SMILES string of the molecule is C/C=C/c1cc2c(c(OC)c1)O[C@@H](c1ccc(OC(=O)/C=C/c3ccc(O)c(OC)c3)c(OC)c1)CC2. The highest BCUT2D eigenvalue weighted by Gasteiger charge is 2.26. The van der Waals surface area contributed by atoms with Crippen LogP contribution in [0.5, 0.6) is 34.5 Å². The van der Waals surface area contributed by atoms with Crippen LogP contribution in [-0.4, -0.2) is 32.4 Å². The Labute approximate surface area is 216 Å². The summed E-state index contributed by atoms with van der Waals surface area (Å²) in [6.45, 7) is 1.98. The quantitative estimate of drug-likeness (QED) is 0.225. The Morgan fingerprint density at radius 1 is 0.892 bits per heavy atom. The van der Waals surface area contributed by atoms with Gasteiger partial charge in [0.05, 0.1) is 21.3 Å². The van der Waals surface area contributed by atoms with Crippen molar-refractivity contribution in [1.82, 2.24) is 0 Å². The second kappa shape index (κ2) is 11.6. The van der Waals surface area contributed by atoms with Gasteiger partial charge >= 0.3 is 5.97 Å². The molecule has 0 unspecified atom stereocenters. The van der Waals surface area contributed by atoms with Crippen LogP contribution in [0.2, 0.25) is 0 Å². The van der Waals surface area contributed by atoms with Crippen molar-refractivity contribution in [3.63, 3.8) is 0 Å². The third-order valence-electron chi connectivity index (χ3n) is 6.05. The van der Waals surface area contributed by atoms with E-state index in [1.807, 2.05) is 37.3 Å².